The van der Waals surface area contributed by atoms with Gasteiger partial charge in [-0.3, -0.25) is 14.2 Å². The molecule has 0 saturated heterocycles. The first-order chi connectivity index (χ1) is 16.4. The monoisotopic (exact) mass is 463 g/mol. The third-order valence-electron chi connectivity index (χ3n) is 5.64. The number of halogens is 2. The van der Waals surface area contributed by atoms with Crippen LogP contribution in [-0.4, -0.2) is 40.6 Å². The van der Waals surface area contributed by atoms with Gasteiger partial charge in [0.15, 0.2) is 0 Å². The fourth-order valence-electron chi connectivity index (χ4n) is 3.89. The first-order valence-corrected chi connectivity index (χ1v) is 10.7. The predicted molar refractivity (Wildman–Crippen MR) is 125 cm³/mol. The lowest BCUT2D eigenvalue weighted by Crippen LogP contribution is -2.39. The summed E-state index contributed by atoms with van der Waals surface area (Å²) in [6.45, 7) is 1.94. The van der Waals surface area contributed by atoms with Gasteiger partial charge in [-0.05, 0) is 43.3 Å². The summed E-state index contributed by atoms with van der Waals surface area (Å²) >= 11 is 0. The summed E-state index contributed by atoms with van der Waals surface area (Å²) in [4.78, 5) is 32.9. The van der Waals surface area contributed by atoms with Gasteiger partial charge in [0.1, 0.15) is 17.5 Å². The Hall–Kier alpha value is -3.91. The van der Waals surface area contributed by atoms with E-state index in [0.29, 0.717) is 10.9 Å². The van der Waals surface area contributed by atoms with Crippen LogP contribution in [0.25, 0.3) is 16.6 Å². The number of aromatic nitrogens is 2. The molecule has 3 aromatic carbocycles. The molecule has 34 heavy (non-hydrogen) atoms. The number of methoxy groups -OCH3 is 1. The van der Waals surface area contributed by atoms with Gasteiger partial charge in [0.2, 0.25) is 0 Å². The molecule has 174 valence electrons. The van der Waals surface area contributed by atoms with E-state index in [-0.39, 0.29) is 30.2 Å². The molecule has 1 atom stereocenters. The molecule has 8 heteroatoms. The topological polar surface area (TPSA) is 64.4 Å². The fraction of sp³-hybridized carbons (Fsp3) is 0.192. The number of carbonyl (C=O) groups excluding carboxylic acids is 1. The Bertz CT molecular complexity index is 1400. The van der Waals surface area contributed by atoms with E-state index in [2.05, 4.69) is 4.98 Å². The minimum absolute atomic E-state index is 0.0117. The normalized spacial score (nSPS) is 12.0. The minimum atomic E-state index is -0.820. The van der Waals surface area contributed by atoms with Crippen LogP contribution in [-0.2, 0) is 4.74 Å². The van der Waals surface area contributed by atoms with E-state index < -0.39 is 29.1 Å². The van der Waals surface area contributed by atoms with E-state index >= 15 is 0 Å². The van der Waals surface area contributed by atoms with Crippen LogP contribution in [0.2, 0.25) is 0 Å². The second kappa shape index (κ2) is 9.93. The smallest absolute Gasteiger partial charge is 0.266 e. The van der Waals surface area contributed by atoms with E-state index in [1.54, 1.807) is 43.3 Å². The lowest BCUT2D eigenvalue weighted by molar-refractivity contribution is 0.0600. The number of benzene rings is 3. The Kier molecular flexibility index (Phi) is 6.79. The van der Waals surface area contributed by atoms with E-state index in [4.69, 9.17) is 4.74 Å². The van der Waals surface area contributed by atoms with Gasteiger partial charge < -0.3 is 9.64 Å². The predicted octanol–water partition coefficient (Wildman–Crippen LogP) is 4.51. The van der Waals surface area contributed by atoms with Crippen LogP contribution < -0.4 is 5.56 Å². The fourth-order valence-corrected chi connectivity index (χ4v) is 3.89. The summed E-state index contributed by atoms with van der Waals surface area (Å²) in [5, 5.41) is 0.311. The Labute approximate surface area is 195 Å². The first-order valence-electron chi connectivity index (χ1n) is 10.7. The molecule has 0 saturated carbocycles. The van der Waals surface area contributed by atoms with Crippen LogP contribution in [0.15, 0.2) is 77.6 Å². The van der Waals surface area contributed by atoms with Crippen molar-refractivity contribution in [2.45, 2.75) is 13.0 Å². The number of fused-ring (bicyclic) bond motifs is 1. The standard InChI is InChI=1S/C26H23F2N3O3/c1-17(30(15-16-34-2)25(32)18-9-3-5-11-20(18)27)24-29-22-13-7-4-10-19(22)26(33)31(24)23-14-8-6-12-21(23)28/h3-14,17H,15-16H2,1-2H3. The number of nitrogens with zero attached hydrogens (tertiary/aromatic N) is 3. The van der Waals surface area contributed by atoms with Crippen molar-refractivity contribution in [3.8, 4) is 5.69 Å². The third-order valence-corrected chi connectivity index (χ3v) is 5.64. The number of para-hydroxylation sites is 2. The van der Waals surface area contributed by atoms with Gasteiger partial charge >= 0.3 is 0 Å². The van der Waals surface area contributed by atoms with Crippen molar-refractivity contribution in [2.24, 2.45) is 0 Å². The summed E-state index contributed by atoms with van der Waals surface area (Å²) in [6, 6.07) is 17.4. The first kappa shape index (κ1) is 23.3. The average Bonchev–Trinajstić information content (AvgIpc) is 2.85. The molecule has 6 nitrogen and oxygen atoms in total. The van der Waals surface area contributed by atoms with Crippen molar-refractivity contribution < 1.29 is 18.3 Å². The van der Waals surface area contributed by atoms with E-state index in [0.717, 1.165) is 0 Å². The van der Waals surface area contributed by atoms with Gasteiger partial charge in [0.05, 0.1) is 34.8 Å². The average molecular weight is 463 g/mol. The molecule has 4 rings (SSSR count). The molecule has 1 amide bonds. The highest BCUT2D eigenvalue weighted by Gasteiger charge is 2.29. The molecular weight excluding hydrogens is 440 g/mol. The minimum Gasteiger partial charge on any atom is -0.383 e. The summed E-state index contributed by atoms with van der Waals surface area (Å²) in [5.41, 5.74) is -0.168. The molecule has 4 aromatic rings. The zero-order valence-corrected chi connectivity index (χ0v) is 18.7. The summed E-state index contributed by atoms with van der Waals surface area (Å²) in [6.07, 6.45) is 0. The number of hydrogen-bond acceptors (Lipinski definition) is 4. The maximum Gasteiger partial charge on any atom is 0.266 e. The maximum absolute atomic E-state index is 14.8. The van der Waals surface area contributed by atoms with Gasteiger partial charge in [-0.1, -0.05) is 36.4 Å². The molecule has 0 radical (unpaired) electrons. The van der Waals surface area contributed by atoms with E-state index in [1.807, 2.05) is 0 Å². The summed E-state index contributed by atoms with van der Waals surface area (Å²) < 4.78 is 35.6. The van der Waals surface area contributed by atoms with Crippen molar-refractivity contribution >= 4 is 16.8 Å². The number of carbonyl (C=O) groups is 1. The molecule has 0 bridgehead atoms. The largest absolute Gasteiger partial charge is 0.383 e. The third kappa shape index (κ3) is 4.32. The van der Waals surface area contributed by atoms with Crippen molar-refractivity contribution in [2.75, 3.05) is 20.3 Å². The van der Waals surface area contributed by atoms with Crippen molar-refractivity contribution in [1.82, 2.24) is 14.5 Å². The number of amides is 1. The lowest BCUT2D eigenvalue weighted by atomic mass is 10.1. The van der Waals surface area contributed by atoms with Crippen molar-refractivity contribution in [1.29, 1.82) is 0 Å². The van der Waals surface area contributed by atoms with Crippen molar-refractivity contribution in [3.63, 3.8) is 0 Å². The molecule has 1 heterocycles. The Morgan fingerprint density at radius 3 is 2.35 bits per heavy atom. The SMILES string of the molecule is COCCN(C(=O)c1ccccc1F)C(C)c1nc2ccccc2c(=O)n1-c1ccccc1F. The highest BCUT2D eigenvalue weighted by molar-refractivity contribution is 5.94. The van der Waals surface area contributed by atoms with Gasteiger partial charge in [-0.25, -0.2) is 13.8 Å². The Balaban J connectivity index is 1.93. The summed E-state index contributed by atoms with van der Waals surface area (Å²) in [5.74, 6) is -1.72. The van der Waals surface area contributed by atoms with Crippen molar-refractivity contribution in [3.05, 3.63) is 106 Å². The lowest BCUT2D eigenvalue weighted by Gasteiger charge is -2.30. The molecule has 1 aromatic heterocycles. The highest BCUT2D eigenvalue weighted by Crippen LogP contribution is 2.26. The zero-order chi connectivity index (χ0) is 24.2. The quantitative estimate of drug-likeness (QED) is 0.405. The summed E-state index contributed by atoms with van der Waals surface area (Å²) in [7, 11) is 1.49. The van der Waals surface area contributed by atoms with Crippen LogP contribution in [0.3, 0.4) is 0 Å². The van der Waals surface area contributed by atoms with Crippen LogP contribution in [0.4, 0.5) is 8.78 Å². The van der Waals surface area contributed by atoms with Gasteiger partial charge in [-0.2, -0.15) is 0 Å². The molecular formula is C26H23F2N3O3. The molecule has 0 spiro atoms. The van der Waals surface area contributed by atoms with E-state index in [1.165, 1.54) is 53.0 Å². The number of ether oxygens (including phenoxy) is 1. The van der Waals surface area contributed by atoms with Crippen LogP contribution >= 0.6 is 0 Å². The second-order valence-corrected chi connectivity index (χ2v) is 7.73. The molecule has 0 aliphatic carbocycles. The van der Waals surface area contributed by atoms with Gasteiger partial charge in [0, 0.05) is 13.7 Å². The highest BCUT2D eigenvalue weighted by atomic mass is 19.1. The van der Waals surface area contributed by atoms with E-state index in [9.17, 15) is 18.4 Å². The Morgan fingerprint density at radius 1 is 1.00 bits per heavy atom. The van der Waals surface area contributed by atoms with Gasteiger partial charge in [-0.15, -0.1) is 0 Å². The van der Waals surface area contributed by atoms with Gasteiger partial charge in [0.25, 0.3) is 11.5 Å². The maximum atomic E-state index is 14.8. The number of rotatable bonds is 7. The Morgan fingerprint density at radius 2 is 1.65 bits per heavy atom. The molecule has 0 aliphatic rings. The number of hydrogen-bond donors (Lipinski definition) is 0. The van der Waals surface area contributed by atoms with Crippen LogP contribution in [0.1, 0.15) is 29.1 Å². The molecule has 1 unspecified atom stereocenters. The molecule has 0 fully saturated rings. The van der Waals surface area contributed by atoms with Crippen LogP contribution in [0, 0.1) is 11.6 Å². The zero-order valence-electron chi connectivity index (χ0n) is 18.7. The molecule has 0 aliphatic heterocycles. The molecule has 0 N–H and O–H groups in total. The van der Waals surface area contributed by atoms with Crippen LogP contribution in [0.5, 0.6) is 0 Å². The second-order valence-electron chi connectivity index (χ2n) is 7.73.